The highest BCUT2D eigenvalue weighted by molar-refractivity contribution is 5.89. The van der Waals surface area contributed by atoms with Gasteiger partial charge in [-0.3, -0.25) is 4.79 Å². The maximum Gasteiger partial charge on any atom is 0.331 e. The van der Waals surface area contributed by atoms with Gasteiger partial charge in [-0.15, -0.1) is 0 Å². The minimum atomic E-state index is -0.523. The van der Waals surface area contributed by atoms with Crippen molar-refractivity contribution in [2.75, 3.05) is 6.61 Å². The van der Waals surface area contributed by atoms with Crippen LogP contribution in [0.1, 0.15) is 41.1 Å². The molecule has 0 unspecified atom stereocenters. The van der Waals surface area contributed by atoms with Crippen molar-refractivity contribution >= 4 is 18.0 Å². The van der Waals surface area contributed by atoms with Crippen LogP contribution in [0, 0.1) is 6.92 Å². The van der Waals surface area contributed by atoms with Gasteiger partial charge in [0.15, 0.2) is 6.61 Å². The quantitative estimate of drug-likeness (QED) is 0.661. The number of hydrogen-bond donors (Lipinski definition) is 1. The topological polar surface area (TPSA) is 55.4 Å². The van der Waals surface area contributed by atoms with Crippen LogP contribution in [0.2, 0.25) is 0 Å². The zero-order chi connectivity index (χ0) is 18.4. The molecule has 0 aromatic heterocycles. The van der Waals surface area contributed by atoms with Crippen molar-refractivity contribution in [3.8, 4) is 0 Å². The average Bonchev–Trinajstić information content (AvgIpc) is 2.66. The van der Waals surface area contributed by atoms with E-state index >= 15 is 0 Å². The Balaban J connectivity index is 1.48. The molecule has 0 spiro atoms. The molecule has 0 saturated heterocycles. The lowest BCUT2D eigenvalue weighted by Gasteiger charge is -2.26. The summed E-state index contributed by atoms with van der Waals surface area (Å²) in [4.78, 5) is 23.9. The Morgan fingerprint density at radius 2 is 1.92 bits per heavy atom. The van der Waals surface area contributed by atoms with E-state index in [9.17, 15) is 9.59 Å². The Labute approximate surface area is 153 Å². The fourth-order valence-electron chi connectivity index (χ4n) is 3.17. The van der Waals surface area contributed by atoms with Gasteiger partial charge >= 0.3 is 5.97 Å². The van der Waals surface area contributed by atoms with Crippen LogP contribution in [0.15, 0.2) is 54.6 Å². The van der Waals surface area contributed by atoms with Crippen molar-refractivity contribution in [2.24, 2.45) is 0 Å². The first-order valence-electron chi connectivity index (χ1n) is 8.90. The fourth-order valence-corrected chi connectivity index (χ4v) is 3.17. The Morgan fingerprint density at radius 3 is 2.73 bits per heavy atom. The number of aryl methyl sites for hydroxylation is 2. The number of carbonyl (C=O) groups is 2. The average molecular weight is 349 g/mol. The van der Waals surface area contributed by atoms with Crippen LogP contribution in [0.25, 0.3) is 6.08 Å². The number of benzene rings is 2. The first-order valence-corrected chi connectivity index (χ1v) is 8.90. The minimum Gasteiger partial charge on any atom is -0.452 e. The molecule has 3 rings (SSSR count). The highest BCUT2D eigenvalue weighted by Gasteiger charge is 2.21. The largest absolute Gasteiger partial charge is 0.452 e. The fraction of sp³-hybridized carbons (Fsp3) is 0.273. The van der Waals surface area contributed by atoms with Crippen molar-refractivity contribution in [3.05, 3.63) is 76.9 Å². The van der Waals surface area contributed by atoms with E-state index in [1.54, 1.807) is 6.08 Å². The molecule has 0 heterocycles. The second kappa shape index (κ2) is 8.48. The monoisotopic (exact) mass is 349 g/mol. The first-order chi connectivity index (χ1) is 12.6. The lowest BCUT2D eigenvalue weighted by atomic mass is 9.88. The first kappa shape index (κ1) is 17.9. The van der Waals surface area contributed by atoms with Crippen molar-refractivity contribution in [2.45, 2.75) is 32.2 Å². The molecule has 0 saturated carbocycles. The highest BCUT2D eigenvalue weighted by atomic mass is 16.5. The van der Waals surface area contributed by atoms with Gasteiger partial charge in [0, 0.05) is 6.08 Å². The summed E-state index contributed by atoms with van der Waals surface area (Å²) in [5.41, 5.74) is 4.52. The molecule has 0 radical (unpaired) electrons. The van der Waals surface area contributed by atoms with Gasteiger partial charge < -0.3 is 10.1 Å². The maximum absolute atomic E-state index is 12.1. The molecule has 2 aromatic carbocycles. The van der Waals surface area contributed by atoms with Gasteiger partial charge in [-0.05, 0) is 49.0 Å². The van der Waals surface area contributed by atoms with E-state index in [2.05, 4.69) is 17.4 Å². The smallest absolute Gasteiger partial charge is 0.331 e. The number of carbonyl (C=O) groups excluding carboxylic acids is 2. The normalized spacial score (nSPS) is 16.1. The summed E-state index contributed by atoms with van der Waals surface area (Å²) >= 11 is 0. The van der Waals surface area contributed by atoms with Gasteiger partial charge in [-0.2, -0.15) is 0 Å². The van der Waals surface area contributed by atoms with Crippen molar-refractivity contribution in [1.29, 1.82) is 0 Å². The number of nitrogens with one attached hydrogen (secondary N) is 1. The SMILES string of the molecule is Cc1ccc(/C=C/C(=O)OCC(=O)N[C@H]2CCCc3ccccc32)cc1. The summed E-state index contributed by atoms with van der Waals surface area (Å²) in [7, 11) is 0. The molecule has 1 aliphatic rings. The third kappa shape index (κ3) is 4.82. The molecule has 1 aliphatic carbocycles. The second-order valence-corrected chi connectivity index (χ2v) is 6.56. The van der Waals surface area contributed by atoms with Gasteiger partial charge in [0.1, 0.15) is 0 Å². The summed E-state index contributed by atoms with van der Waals surface area (Å²) in [6.45, 7) is 1.74. The molecule has 1 amide bonds. The second-order valence-electron chi connectivity index (χ2n) is 6.56. The molecule has 0 fully saturated rings. The van der Waals surface area contributed by atoms with E-state index in [1.807, 2.05) is 43.3 Å². The van der Waals surface area contributed by atoms with Crippen LogP contribution in [0.3, 0.4) is 0 Å². The van der Waals surface area contributed by atoms with Crippen molar-refractivity contribution < 1.29 is 14.3 Å². The third-order valence-corrected chi connectivity index (χ3v) is 4.54. The summed E-state index contributed by atoms with van der Waals surface area (Å²) in [5.74, 6) is -0.798. The Kier molecular flexibility index (Phi) is 5.84. The van der Waals surface area contributed by atoms with Gasteiger partial charge in [0.2, 0.25) is 0 Å². The van der Waals surface area contributed by atoms with Crippen LogP contribution in [-0.4, -0.2) is 18.5 Å². The van der Waals surface area contributed by atoms with E-state index in [-0.39, 0.29) is 18.6 Å². The summed E-state index contributed by atoms with van der Waals surface area (Å²) in [6, 6.07) is 15.9. The van der Waals surface area contributed by atoms with Gasteiger partial charge in [-0.1, -0.05) is 54.1 Å². The molecule has 1 N–H and O–H groups in total. The lowest BCUT2D eigenvalue weighted by Crippen LogP contribution is -2.34. The van der Waals surface area contributed by atoms with Gasteiger partial charge in [-0.25, -0.2) is 4.79 Å². The zero-order valence-electron chi connectivity index (χ0n) is 14.9. The molecule has 2 aromatic rings. The molecule has 26 heavy (non-hydrogen) atoms. The van der Waals surface area contributed by atoms with Crippen molar-refractivity contribution in [1.82, 2.24) is 5.32 Å². The van der Waals surface area contributed by atoms with Crippen molar-refractivity contribution in [3.63, 3.8) is 0 Å². The van der Waals surface area contributed by atoms with Crippen LogP contribution in [0.4, 0.5) is 0 Å². The summed E-state index contributed by atoms with van der Waals surface area (Å²) in [5, 5.41) is 2.97. The zero-order valence-corrected chi connectivity index (χ0v) is 14.9. The molecule has 134 valence electrons. The van der Waals surface area contributed by atoms with Gasteiger partial charge in [0.25, 0.3) is 5.91 Å². The standard InChI is InChI=1S/C22H23NO3/c1-16-9-11-17(12-10-16)13-14-22(25)26-15-21(24)23-20-8-4-6-18-5-2-3-7-19(18)20/h2-3,5,7,9-14,20H,4,6,8,15H2,1H3,(H,23,24)/b14-13+/t20-/m0/s1. The molecule has 4 heteroatoms. The molecule has 4 nitrogen and oxygen atoms in total. The Bertz CT molecular complexity index is 808. The van der Waals surface area contributed by atoms with Crippen LogP contribution < -0.4 is 5.32 Å². The predicted octanol–water partition coefficient (Wildman–Crippen LogP) is 3.75. The van der Waals surface area contributed by atoms with Crippen LogP contribution >= 0.6 is 0 Å². The molecule has 1 atom stereocenters. The third-order valence-electron chi connectivity index (χ3n) is 4.54. The van der Waals surface area contributed by atoms with E-state index in [0.717, 1.165) is 36.0 Å². The summed E-state index contributed by atoms with van der Waals surface area (Å²) < 4.78 is 5.04. The minimum absolute atomic E-state index is 0.00532. The Morgan fingerprint density at radius 1 is 1.15 bits per heavy atom. The predicted molar refractivity (Wildman–Crippen MR) is 101 cm³/mol. The molecular formula is C22H23NO3. The van der Waals surface area contributed by atoms with E-state index in [4.69, 9.17) is 4.74 Å². The highest BCUT2D eigenvalue weighted by Crippen LogP contribution is 2.29. The number of fused-ring (bicyclic) bond motifs is 1. The summed E-state index contributed by atoms with van der Waals surface area (Å²) in [6.07, 6.45) is 6.01. The molecular weight excluding hydrogens is 326 g/mol. The maximum atomic E-state index is 12.1. The van der Waals surface area contributed by atoms with E-state index in [1.165, 1.54) is 11.6 Å². The number of hydrogen-bond acceptors (Lipinski definition) is 3. The Hall–Kier alpha value is -2.88. The lowest BCUT2D eigenvalue weighted by molar-refractivity contribution is -0.144. The van der Waals surface area contributed by atoms with Crippen LogP contribution in [-0.2, 0) is 20.7 Å². The number of rotatable bonds is 5. The number of ether oxygens (including phenoxy) is 1. The van der Waals surface area contributed by atoms with Gasteiger partial charge in [0.05, 0.1) is 6.04 Å². The van der Waals surface area contributed by atoms with Crippen LogP contribution in [0.5, 0.6) is 0 Å². The number of amides is 1. The number of esters is 1. The molecule has 0 aliphatic heterocycles. The molecule has 0 bridgehead atoms. The van der Waals surface area contributed by atoms with E-state index in [0.29, 0.717) is 0 Å². The van der Waals surface area contributed by atoms with E-state index < -0.39 is 5.97 Å².